The molecule has 2 aliphatic rings. The Labute approximate surface area is 136 Å². The molecule has 0 radical (unpaired) electrons. The van der Waals surface area contributed by atoms with Gasteiger partial charge in [0.1, 0.15) is 0 Å². The predicted molar refractivity (Wildman–Crippen MR) is 87.2 cm³/mol. The number of hydrogen-bond acceptors (Lipinski definition) is 4. The highest BCUT2D eigenvalue weighted by molar-refractivity contribution is 7.10. The van der Waals surface area contributed by atoms with E-state index in [4.69, 9.17) is 9.47 Å². The minimum absolute atomic E-state index is 0.247. The van der Waals surface area contributed by atoms with Gasteiger partial charge in [-0.1, -0.05) is 6.07 Å². The van der Waals surface area contributed by atoms with Gasteiger partial charge in [-0.25, -0.2) is 0 Å². The molecule has 1 aromatic rings. The van der Waals surface area contributed by atoms with Crippen molar-refractivity contribution in [2.24, 2.45) is 0 Å². The van der Waals surface area contributed by atoms with E-state index in [1.807, 2.05) is 22.4 Å². The van der Waals surface area contributed by atoms with Gasteiger partial charge >= 0.3 is 0 Å². The lowest BCUT2D eigenvalue weighted by Gasteiger charge is -2.33. The quantitative estimate of drug-likeness (QED) is 0.836. The first-order valence-corrected chi connectivity index (χ1v) is 9.22. The van der Waals surface area contributed by atoms with Gasteiger partial charge in [0.05, 0.1) is 25.2 Å². The van der Waals surface area contributed by atoms with E-state index in [2.05, 4.69) is 0 Å². The first-order chi connectivity index (χ1) is 10.8. The van der Waals surface area contributed by atoms with E-state index in [1.165, 1.54) is 12.8 Å². The van der Waals surface area contributed by atoms with Gasteiger partial charge in [-0.2, -0.15) is 0 Å². The van der Waals surface area contributed by atoms with Crippen molar-refractivity contribution in [3.63, 3.8) is 0 Å². The van der Waals surface area contributed by atoms with Crippen LogP contribution < -0.4 is 0 Å². The first kappa shape index (κ1) is 16.0. The average molecular weight is 323 g/mol. The summed E-state index contributed by atoms with van der Waals surface area (Å²) in [5.41, 5.74) is 0. The van der Waals surface area contributed by atoms with Crippen molar-refractivity contribution < 1.29 is 14.3 Å². The minimum Gasteiger partial charge on any atom is -0.376 e. The number of carbonyl (C=O) groups excluding carboxylic acids is 1. The molecule has 1 aromatic heterocycles. The monoisotopic (exact) mass is 323 g/mol. The Morgan fingerprint density at radius 1 is 1.32 bits per heavy atom. The van der Waals surface area contributed by atoms with Crippen molar-refractivity contribution in [1.29, 1.82) is 0 Å². The molecule has 3 rings (SSSR count). The molecule has 1 atom stereocenters. The van der Waals surface area contributed by atoms with E-state index >= 15 is 0 Å². The van der Waals surface area contributed by atoms with Gasteiger partial charge in [-0.3, -0.25) is 4.79 Å². The molecular formula is C17H25NO3S. The lowest BCUT2D eigenvalue weighted by atomic mass is 10.1. The van der Waals surface area contributed by atoms with Crippen molar-refractivity contribution in [3.05, 3.63) is 22.4 Å². The van der Waals surface area contributed by atoms with E-state index in [-0.39, 0.29) is 18.1 Å². The maximum atomic E-state index is 12.2. The highest BCUT2D eigenvalue weighted by Gasteiger charge is 2.24. The van der Waals surface area contributed by atoms with Crippen LogP contribution in [0, 0.1) is 0 Å². The van der Waals surface area contributed by atoms with Crippen LogP contribution in [0.5, 0.6) is 0 Å². The molecule has 2 saturated heterocycles. The first-order valence-electron chi connectivity index (χ1n) is 8.34. The smallest absolute Gasteiger partial charge is 0.227 e. The summed E-state index contributed by atoms with van der Waals surface area (Å²) in [6, 6.07) is 4.03. The highest BCUT2D eigenvalue weighted by Crippen LogP contribution is 2.19. The number of piperidine rings is 1. The van der Waals surface area contributed by atoms with Crippen LogP contribution in [0.1, 0.15) is 37.0 Å². The third kappa shape index (κ3) is 4.54. The van der Waals surface area contributed by atoms with E-state index in [9.17, 15) is 4.79 Å². The molecule has 0 aromatic carbocycles. The predicted octanol–water partition coefficient (Wildman–Crippen LogP) is 2.87. The molecule has 0 bridgehead atoms. The van der Waals surface area contributed by atoms with Crippen molar-refractivity contribution in [2.75, 3.05) is 26.3 Å². The summed E-state index contributed by atoms with van der Waals surface area (Å²) in [6.45, 7) is 3.23. The van der Waals surface area contributed by atoms with Gasteiger partial charge in [0.15, 0.2) is 0 Å². The summed E-state index contributed by atoms with van der Waals surface area (Å²) in [5.74, 6) is 0.247. The van der Waals surface area contributed by atoms with Gasteiger partial charge in [-0.15, -0.1) is 11.3 Å². The van der Waals surface area contributed by atoms with Gasteiger partial charge in [-0.05, 0) is 43.6 Å². The number of thiophene rings is 1. The second kappa shape index (κ2) is 8.09. The summed E-state index contributed by atoms with van der Waals surface area (Å²) >= 11 is 1.65. The normalized spacial score (nSPS) is 23.6. The second-order valence-corrected chi connectivity index (χ2v) is 7.19. The lowest BCUT2D eigenvalue weighted by Crippen LogP contribution is -2.42. The van der Waals surface area contributed by atoms with Gasteiger partial charge < -0.3 is 14.4 Å². The van der Waals surface area contributed by atoms with Crippen LogP contribution in [0.2, 0.25) is 0 Å². The Morgan fingerprint density at radius 2 is 2.18 bits per heavy atom. The Morgan fingerprint density at radius 3 is 2.86 bits per heavy atom. The number of carbonyl (C=O) groups is 1. The largest absolute Gasteiger partial charge is 0.376 e. The molecule has 0 aliphatic carbocycles. The highest BCUT2D eigenvalue weighted by atomic mass is 32.1. The number of likely N-dealkylation sites (tertiary alicyclic amines) is 1. The van der Waals surface area contributed by atoms with E-state index in [0.29, 0.717) is 13.0 Å². The van der Waals surface area contributed by atoms with Crippen LogP contribution in [0.3, 0.4) is 0 Å². The van der Waals surface area contributed by atoms with Crippen molar-refractivity contribution in [3.8, 4) is 0 Å². The molecule has 4 nitrogen and oxygen atoms in total. The fourth-order valence-corrected chi connectivity index (χ4v) is 3.82. The summed E-state index contributed by atoms with van der Waals surface area (Å²) in [5, 5.41) is 2.02. The van der Waals surface area contributed by atoms with Gasteiger partial charge in [0, 0.05) is 24.6 Å². The zero-order valence-electron chi connectivity index (χ0n) is 13.0. The Bertz CT molecular complexity index is 448. The third-order valence-corrected chi connectivity index (χ3v) is 5.37. The van der Waals surface area contributed by atoms with E-state index < -0.39 is 0 Å². The summed E-state index contributed by atoms with van der Waals surface area (Å²) < 4.78 is 11.7. The fraction of sp³-hybridized carbons (Fsp3) is 0.706. The van der Waals surface area contributed by atoms with Crippen LogP contribution in [-0.2, 0) is 20.7 Å². The van der Waals surface area contributed by atoms with Gasteiger partial charge in [0.2, 0.25) is 5.91 Å². The summed E-state index contributed by atoms with van der Waals surface area (Å²) in [6.07, 6.45) is 6.57. The minimum atomic E-state index is 0.247. The molecule has 0 spiro atoms. The van der Waals surface area contributed by atoms with Crippen LogP contribution in [-0.4, -0.2) is 49.3 Å². The number of hydrogen-bond donors (Lipinski definition) is 0. The molecule has 2 aliphatic heterocycles. The molecule has 0 N–H and O–H groups in total. The van der Waals surface area contributed by atoms with Crippen LogP contribution in [0.4, 0.5) is 0 Å². The summed E-state index contributed by atoms with van der Waals surface area (Å²) in [4.78, 5) is 15.4. The fourth-order valence-electron chi connectivity index (χ4n) is 3.13. The zero-order chi connectivity index (χ0) is 15.2. The molecule has 1 amide bonds. The standard InChI is InChI=1S/C17H25NO3S/c19-17(12-16-5-3-11-22-16)18-8-6-14(7-9-18)21-13-15-4-1-2-10-20-15/h3,5,11,14-15H,1-2,4,6-10,12-13H2. The van der Waals surface area contributed by atoms with Crippen molar-refractivity contribution in [2.45, 2.75) is 50.7 Å². The van der Waals surface area contributed by atoms with Crippen LogP contribution in [0.25, 0.3) is 0 Å². The molecule has 5 heteroatoms. The number of nitrogens with zero attached hydrogens (tertiary/aromatic N) is 1. The van der Waals surface area contributed by atoms with Crippen LogP contribution in [0.15, 0.2) is 17.5 Å². The number of amides is 1. The van der Waals surface area contributed by atoms with Crippen molar-refractivity contribution >= 4 is 17.2 Å². The van der Waals surface area contributed by atoms with Gasteiger partial charge in [0.25, 0.3) is 0 Å². The maximum Gasteiger partial charge on any atom is 0.227 e. The Hall–Kier alpha value is -0.910. The molecule has 1 unspecified atom stereocenters. The molecule has 0 saturated carbocycles. The average Bonchev–Trinajstić information content (AvgIpc) is 3.07. The van der Waals surface area contributed by atoms with Crippen molar-refractivity contribution in [1.82, 2.24) is 4.90 Å². The Balaban J connectivity index is 1.35. The number of ether oxygens (including phenoxy) is 2. The van der Waals surface area contributed by atoms with E-state index in [0.717, 1.165) is 43.8 Å². The zero-order valence-corrected chi connectivity index (χ0v) is 13.9. The van der Waals surface area contributed by atoms with Crippen LogP contribution >= 0.6 is 11.3 Å². The topological polar surface area (TPSA) is 38.8 Å². The molecule has 22 heavy (non-hydrogen) atoms. The Kier molecular flexibility index (Phi) is 5.87. The molecule has 3 heterocycles. The number of rotatable bonds is 5. The molecular weight excluding hydrogens is 298 g/mol. The van der Waals surface area contributed by atoms with E-state index in [1.54, 1.807) is 11.3 Å². The maximum absolute atomic E-state index is 12.2. The summed E-state index contributed by atoms with van der Waals surface area (Å²) in [7, 11) is 0. The second-order valence-electron chi connectivity index (χ2n) is 6.16. The SMILES string of the molecule is O=C(Cc1cccs1)N1CCC(OCC2CCCCO2)CC1. The molecule has 2 fully saturated rings. The molecule has 122 valence electrons. The lowest BCUT2D eigenvalue weighted by molar-refractivity contribution is -0.134. The third-order valence-electron chi connectivity index (χ3n) is 4.49.